The Kier molecular flexibility index (Phi) is 4.39. The molecule has 1 aliphatic rings. The standard InChI is InChI=1S/C13H13BrF3NO2/c14-11-4-3-8(13(15,16)17)6-10(11)12(20)18-5-1-2-9(19)7-18/h3-4,6,9,19H,1-2,5,7H2/t9-/m0/s1. The summed E-state index contributed by atoms with van der Waals surface area (Å²) >= 11 is 3.10. The number of amides is 1. The topological polar surface area (TPSA) is 40.5 Å². The van der Waals surface area contributed by atoms with E-state index in [1.165, 1.54) is 11.0 Å². The van der Waals surface area contributed by atoms with Crippen molar-refractivity contribution in [1.29, 1.82) is 0 Å². The van der Waals surface area contributed by atoms with Crippen molar-refractivity contribution < 1.29 is 23.1 Å². The highest BCUT2D eigenvalue weighted by atomic mass is 79.9. The van der Waals surface area contributed by atoms with Crippen molar-refractivity contribution in [1.82, 2.24) is 4.90 Å². The Bertz CT molecular complexity index is 519. The Morgan fingerprint density at radius 1 is 1.40 bits per heavy atom. The predicted molar refractivity (Wildman–Crippen MR) is 70.3 cm³/mol. The van der Waals surface area contributed by atoms with Crippen molar-refractivity contribution in [3.8, 4) is 0 Å². The summed E-state index contributed by atoms with van der Waals surface area (Å²) in [5, 5.41) is 9.54. The zero-order valence-electron chi connectivity index (χ0n) is 10.5. The summed E-state index contributed by atoms with van der Waals surface area (Å²) in [4.78, 5) is 13.6. The Hall–Kier alpha value is -1.08. The van der Waals surface area contributed by atoms with E-state index in [4.69, 9.17) is 0 Å². The molecule has 1 fully saturated rings. The van der Waals surface area contributed by atoms with E-state index in [2.05, 4.69) is 15.9 Å². The summed E-state index contributed by atoms with van der Waals surface area (Å²) in [5.74, 6) is -0.498. The number of alkyl halides is 3. The first-order valence-corrected chi connectivity index (χ1v) is 6.92. The molecule has 20 heavy (non-hydrogen) atoms. The molecule has 2 rings (SSSR count). The lowest BCUT2D eigenvalue weighted by Gasteiger charge is -2.30. The SMILES string of the molecule is O=C(c1cc(C(F)(F)F)ccc1Br)N1CCC[C@H](O)C1. The maximum Gasteiger partial charge on any atom is 0.416 e. The molecular formula is C13H13BrF3NO2. The Balaban J connectivity index is 2.29. The van der Waals surface area contributed by atoms with E-state index in [1.54, 1.807) is 0 Å². The van der Waals surface area contributed by atoms with Crippen molar-refractivity contribution in [2.24, 2.45) is 0 Å². The molecule has 0 aliphatic carbocycles. The van der Waals surface area contributed by atoms with Gasteiger partial charge in [-0.1, -0.05) is 0 Å². The van der Waals surface area contributed by atoms with E-state index in [1.807, 2.05) is 0 Å². The van der Waals surface area contributed by atoms with Gasteiger partial charge in [0, 0.05) is 17.6 Å². The third-order valence-corrected chi connectivity index (χ3v) is 3.90. The lowest BCUT2D eigenvalue weighted by Crippen LogP contribution is -2.42. The van der Waals surface area contributed by atoms with Crippen LogP contribution in [0.5, 0.6) is 0 Å². The molecule has 0 saturated carbocycles. The molecule has 1 saturated heterocycles. The van der Waals surface area contributed by atoms with Crippen LogP contribution < -0.4 is 0 Å². The molecule has 1 aromatic carbocycles. The van der Waals surface area contributed by atoms with E-state index in [-0.39, 0.29) is 12.1 Å². The molecule has 110 valence electrons. The molecule has 7 heteroatoms. The number of halogens is 4. The molecule has 0 unspecified atom stereocenters. The van der Waals surface area contributed by atoms with Crippen LogP contribution in [0, 0.1) is 0 Å². The van der Waals surface area contributed by atoms with E-state index >= 15 is 0 Å². The molecule has 1 aliphatic heterocycles. The van der Waals surface area contributed by atoms with E-state index in [0.29, 0.717) is 23.9 Å². The summed E-state index contributed by atoms with van der Waals surface area (Å²) in [5.41, 5.74) is -0.893. The number of hydrogen-bond acceptors (Lipinski definition) is 2. The summed E-state index contributed by atoms with van der Waals surface area (Å²) < 4.78 is 38.4. The van der Waals surface area contributed by atoms with Crippen molar-refractivity contribution >= 4 is 21.8 Å². The number of rotatable bonds is 1. The van der Waals surface area contributed by atoms with Gasteiger partial charge in [-0.2, -0.15) is 13.2 Å². The van der Waals surface area contributed by atoms with Gasteiger partial charge < -0.3 is 10.0 Å². The Morgan fingerprint density at radius 3 is 2.70 bits per heavy atom. The third kappa shape index (κ3) is 3.32. The number of hydrogen-bond donors (Lipinski definition) is 1. The minimum atomic E-state index is -4.49. The largest absolute Gasteiger partial charge is 0.416 e. The Morgan fingerprint density at radius 2 is 2.10 bits per heavy atom. The Labute approximate surface area is 122 Å². The number of carbonyl (C=O) groups excluding carboxylic acids is 1. The quantitative estimate of drug-likeness (QED) is 0.844. The average Bonchev–Trinajstić information content (AvgIpc) is 2.37. The van der Waals surface area contributed by atoms with Gasteiger partial charge in [0.2, 0.25) is 0 Å². The van der Waals surface area contributed by atoms with Crippen molar-refractivity contribution in [3.05, 3.63) is 33.8 Å². The van der Waals surface area contributed by atoms with Crippen LogP contribution in [0.2, 0.25) is 0 Å². The molecule has 0 aromatic heterocycles. The number of β-amino-alcohol motifs (C(OH)–C–C–N with tert-alkyl or cyclic N) is 1. The van der Waals surface area contributed by atoms with Gasteiger partial charge in [-0.3, -0.25) is 4.79 Å². The molecule has 0 bridgehead atoms. The monoisotopic (exact) mass is 351 g/mol. The van der Waals surface area contributed by atoms with Crippen LogP contribution in [-0.4, -0.2) is 35.1 Å². The van der Waals surface area contributed by atoms with Gasteiger partial charge in [0.25, 0.3) is 5.91 Å². The van der Waals surface area contributed by atoms with Crippen molar-refractivity contribution in [3.63, 3.8) is 0 Å². The number of piperidine rings is 1. The molecule has 3 nitrogen and oxygen atoms in total. The minimum absolute atomic E-state index is 0.0334. The molecule has 1 heterocycles. The molecular weight excluding hydrogens is 339 g/mol. The number of likely N-dealkylation sites (tertiary alicyclic amines) is 1. The van der Waals surface area contributed by atoms with Gasteiger partial charge in [-0.15, -0.1) is 0 Å². The van der Waals surface area contributed by atoms with Crippen LogP contribution in [0.4, 0.5) is 13.2 Å². The number of aliphatic hydroxyl groups excluding tert-OH is 1. The fourth-order valence-electron chi connectivity index (χ4n) is 2.18. The third-order valence-electron chi connectivity index (χ3n) is 3.21. The lowest BCUT2D eigenvalue weighted by molar-refractivity contribution is -0.137. The van der Waals surface area contributed by atoms with Crippen LogP contribution >= 0.6 is 15.9 Å². The lowest BCUT2D eigenvalue weighted by atomic mass is 10.1. The number of carbonyl (C=O) groups is 1. The van der Waals surface area contributed by atoms with Gasteiger partial charge >= 0.3 is 6.18 Å². The van der Waals surface area contributed by atoms with Gasteiger partial charge in [0.1, 0.15) is 0 Å². The average molecular weight is 352 g/mol. The van der Waals surface area contributed by atoms with E-state index in [0.717, 1.165) is 12.1 Å². The maximum atomic E-state index is 12.7. The van der Waals surface area contributed by atoms with Crippen LogP contribution in [-0.2, 0) is 6.18 Å². The van der Waals surface area contributed by atoms with E-state index in [9.17, 15) is 23.1 Å². The van der Waals surface area contributed by atoms with Crippen LogP contribution in [0.15, 0.2) is 22.7 Å². The second kappa shape index (κ2) is 5.73. The summed E-state index contributed by atoms with van der Waals surface area (Å²) in [6.07, 6.45) is -3.86. The summed E-state index contributed by atoms with van der Waals surface area (Å²) in [6, 6.07) is 2.98. The second-order valence-corrected chi connectivity index (χ2v) is 5.59. The molecule has 1 amide bonds. The van der Waals surface area contributed by atoms with Crippen LogP contribution in [0.1, 0.15) is 28.8 Å². The highest BCUT2D eigenvalue weighted by Gasteiger charge is 2.32. The zero-order chi connectivity index (χ0) is 14.9. The normalized spacial score (nSPS) is 20.1. The number of aliphatic hydroxyl groups is 1. The molecule has 1 N–H and O–H groups in total. The first-order valence-electron chi connectivity index (χ1n) is 6.13. The minimum Gasteiger partial charge on any atom is -0.391 e. The zero-order valence-corrected chi connectivity index (χ0v) is 12.0. The van der Waals surface area contributed by atoms with Crippen LogP contribution in [0.25, 0.3) is 0 Å². The second-order valence-electron chi connectivity index (χ2n) is 4.74. The predicted octanol–water partition coefficient (Wildman–Crippen LogP) is 3.06. The maximum absolute atomic E-state index is 12.7. The van der Waals surface area contributed by atoms with E-state index < -0.39 is 23.8 Å². The van der Waals surface area contributed by atoms with Gasteiger partial charge in [0.05, 0.1) is 17.2 Å². The van der Waals surface area contributed by atoms with Gasteiger partial charge in [0.15, 0.2) is 0 Å². The molecule has 1 atom stereocenters. The highest BCUT2D eigenvalue weighted by Crippen LogP contribution is 2.32. The highest BCUT2D eigenvalue weighted by molar-refractivity contribution is 9.10. The van der Waals surface area contributed by atoms with Gasteiger partial charge in [-0.05, 0) is 47.0 Å². The van der Waals surface area contributed by atoms with Crippen molar-refractivity contribution in [2.75, 3.05) is 13.1 Å². The van der Waals surface area contributed by atoms with Crippen LogP contribution in [0.3, 0.4) is 0 Å². The fraction of sp³-hybridized carbons (Fsp3) is 0.462. The van der Waals surface area contributed by atoms with Crippen molar-refractivity contribution in [2.45, 2.75) is 25.1 Å². The summed E-state index contributed by atoms with van der Waals surface area (Å²) in [6.45, 7) is 0.597. The first-order chi connectivity index (χ1) is 9.29. The fourth-order valence-corrected chi connectivity index (χ4v) is 2.59. The molecule has 1 aromatic rings. The first kappa shape index (κ1) is 15.3. The number of benzene rings is 1. The summed E-state index contributed by atoms with van der Waals surface area (Å²) in [7, 11) is 0. The number of nitrogens with zero attached hydrogens (tertiary/aromatic N) is 1. The molecule has 0 spiro atoms. The smallest absolute Gasteiger partial charge is 0.391 e. The van der Waals surface area contributed by atoms with Gasteiger partial charge in [-0.25, -0.2) is 0 Å². The molecule has 0 radical (unpaired) electrons.